The van der Waals surface area contributed by atoms with Crippen LogP contribution in [0.2, 0.25) is 10.0 Å². The summed E-state index contributed by atoms with van der Waals surface area (Å²) in [6.45, 7) is 5.31. The van der Waals surface area contributed by atoms with Crippen LogP contribution in [-0.4, -0.2) is 72.1 Å². The van der Waals surface area contributed by atoms with Crippen molar-refractivity contribution in [3.8, 4) is 11.5 Å². The minimum Gasteiger partial charge on any atom is -0.495 e. The van der Waals surface area contributed by atoms with Gasteiger partial charge in [-0.3, -0.25) is 14.6 Å². The number of urea groups is 1. The second-order valence-corrected chi connectivity index (χ2v) is 11.8. The first kappa shape index (κ1) is 31.2. The van der Waals surface area contributed by atoms with E-state index in [1.165, 1.54) is 30.1 Å². The lowest BCUT2D eigenvalue weighted by atomic mass is 9.82. The molecule has 0 spiro atoms. The molecule has 3 N–H and O–H groups in total. The molecule has 42 heavy (non-hydrogen) atoms. The zero-order valence-corrected chi connectivity index (χ0v) is 25.7. The number of ether oxygens (including phenoxy) is 3. The van der Waals surface area contributed by atoms with Crippen LogP contribution in [0.25, 0.3) is 0 Å². The quantitative estimate of drug-likeness (QED) is 0.386. The number of benzene rings is 1. The predicted octanol–water partition coefficient (Wildman–Crippen LogP) is 4.94. The molecule has 1 aliphatic heterocycles. The number of carboxylic acid groups (broad SMARTS) is 1. The monoisotopic (exact) mass is 624 g/mol. The number of carbonyl (C=O) groups excluding carboxylic acids is 2. The summed E-state index contributed by atoms with van der Waals surface area (Å²) >= 11 is 13.1. The lowest BCUT2D eigenvalue weighted by Crippen LogP contribution is -2.52. The maximum absolute atomic E-state index is 13.5. The molecule has 0 saturated heterocycles. The molecule has 1 saturated carbocycles. The lowest BCUT2D eigenvalue weighted by molar-refractivity contribution is -0.143. The van der Waals surface area contributed by atoms with Gasteiger partial charge in [0.1, 0.15) is 33.0 Å². The third-order valence-electron chi connectivity index (χ3n) is 7.04. The molecular weight excluding hydrogens is 591 g/mol. The summed E-state index contributed by atoms with van der Waals surface area (Å²) in [7, 11) is 4.46. The summed E-state index contributed by atoms with van der Waals surface area (Å²) in [4.78, 5) is 49.5. The van der Waals surface area contributed by atoms with Gasteiger partial charge in [-0.2, -0.15) is 4.98 Å². The minimum absolute atomic E-state index is 0.0705. The highest BCUT2D eigenvalue weighted by Gasteiger charge is 2.38. The smallest absolute Gasteiger partial charge is 0.407 e. The third kappa shape index (κ3) is 6.51. The molecule has 2 aliphatic rings. The van der Waals surface area contributed by atoms with Crippen molar-refractivity contribution in [3.05, 3.63) is 27.9 Å². The second kappa shape index (κ2) is 12.3. The average Bonchev–Trinajstić information content (AvgIpc) is 2.91. The van der Waals surface area contributed by atoms with Crippen molar-refractivity contribution in [1.29, 1.82) is 0 Å². The van der Waals surface area contributed by atoms with Crippen molar-refractivity contribution >= 4 is 58.7 Å². The molecule has 1 aliphatic carbocycles. The molecule has 3 atom stereocenters. The number of nitrogens with zero attached hydrogens (tertiary/aromatic N) is 4. The molecule has 0 bridgehead atoms. The number of anilines is 3. The van der Waals surface area contributed by atoms with Crippen molar-refractivity contribution in [2.24, 2.45) is 5.92 Å². The van der Waals surface area contributed by atoms with Crippen LogP contribution in [0.3, 0.4) is 0 Å². The zero-order chi connectivity index (χ0) is 30.9. The van der Waals surface area contributed by atoms with Crippen molar-refractivity contribution in [1.82, 2.24) is 15.3 Å². The van der Waals surface area contributed by atoms with Gasteiger partial charge in [0.15, 0.2) is 0 Å². The molecule has 228 valence electrons. The number of amides is 3. The van der Waals surface area contributed by atoms with Crippen LogP contribution >= 0.6 is 23.2 Å². The number of rotatable bonds is 7. The van der Waals surface area contributed by atoms with E-state index in [9.17, 15) is 19.5 Å². The SMILES string of the molecule is COc1cc(OC)c(Cl)c(N2Cc3cnc(NC4CCC(C(=O)O)CC4NC(=O)OC(C)(C)C)nc3N(C)C2=O)c1Cl. The Bertz CT molecular complexity index is 1360. The molecule has 15 heteroatoms. The average molecular weight is 626 g/mol. The molecule has 0 radical (unpaired) electrons. The Kier molecular flexibility index (Phi) is 9.12. The van der Waals surface area contributed by atoms with Crippen LogP contribution in [-0.2, 0) is 16.1 Å². The molecule has 13 nitrogen and oxygen atoms in total. The van der Waals surface area contributed by atoms with E-state index in [0.717, 1.165) is 0 Å². The number of aromatic nitrogens is 2. The van der Waals surface area contributed by atoms with Crippen molar-refractivity contribution in [2.75, 3.05) is 36.4 Å². The van der Waals surface area contributed by atoms with Gasteiger partial charge < -0.3 is 30.0 Å². The van der Waals surface area contributed by atoms with Crippen LogP contribution < -0.4 is 29.9 Å². The summed E-state index contributed by atoms with van der Waals surface area (Å²) in [6.07, 6.45) is 1.99. The van der Waals surface area contributed by atoms with E-state index in [4.69, 9.17) is 37.4 Å². The summed E-state index contributed by atoms with van der Waals surface area (Å²) in [5, 5.41) is 15.9. The number of carboxylic acids is 1. The fourth-order valence-electron chi connectivity index (χ4n) is 5.02. The molecule has 3 amide bonds. The van der Waals surface area contributed by atoms with Gasteiger partial charge in [-0.15, -0.1) is 0 Å². The number of nitrogens with one attached hydrogen (secondary N) is 2. The number of methoxy groups -OCH3 is 2. The van der Waals surface area contributed by atoms with E-state index in [2.05, 4.69) is 20.6 Å². The Labute approximate surface area is 253 Å². The van der Waals surface area contributed by atoms with Gasteiger partial charge in [-0.1, -0.05) is 23.2 Å². The highest BCUT2D eigenvalue weighted by atomic mass is 35.5. The number of aliphatic carboxylic acids is 1. The van der Waals surface area contributed by atoms with Crippen LogP contribution in [0.4, 0.5) is 27.0 Å². The Morgan fingerprint density at radius 3 is 2.31 bits per heavy atom. The number of halogens is 2. The molecule has 2 heterocycles. The normalized spacial score (nSPS) is 20.5. The minimum atomic E-state index is -0.923. The Hall–Kier alpha value is -3.71. The lowest BCUT2D eigenvalue weighted by Gasteiger charge is -2.37. The molecule has 1 aromatic carbocycles. The van der Waals surface area contributed by atoms with E-state index in [-0.39, 0.29) is 52.2 Å². The van der Waals surface area contributed by atoms with Crippen molar-refractivity contribution in [3.63, 3.8) is 0 Å². The van der Waals surface area contributed by atoms with E-state index >= 15 is 0 Å². The molecule has 3 unspecified atom stereocenters. The highest BCUT2D eigenvalue weighted by molar-refractivity contribution is 6.42. The molecule has 1 fully saturated rings. The van der Waals surface area contributed by atoms with Gasteiger partial charge in [0.25, 0.3) is 0 Å². The zero-order valence-electron chi connectivity index (χ0n) is 24.2. The van der Waals surface area contributed by atoms with Gasteiger partial charge in [-0.05, 0) is 40.0 Å². The van der Waals surface area contributed by atoms with Crippen LogP contribution in [0, 0.1) is 5.92 Å². The Morgan fingerprint density at radius 1 is 1.10 bits per heavy atom. The fourth-order valence-corrected chi connectivity index (χ4v) is 5.72. The topological polar surface area (TPSA) is 155 Å². The number of fused-ring (bicyclic) bond motifs is 1. The first-order chi connectivity index (χ1) is 19.7. The number of hydrogen-bond acceptors (Lipinski definition) is 9. The van der Waals surface area contributed by atoms with E-state index < -0.39 is 35.7 Å². The Balaban J connectivity index is 1.59. The summed E-state index contributed by atoms with van der Waals surface area (Å²) < 4.78 is 16.1. The van der Waals surface area contributed by atoms with Crippen molar-refractivity contribution < 1.29 is 33.7 Å². The van der Waals surface area contributed by atoms with Gasteiger partial charge in [0.2, 0.25) is 5.95 Å². The number of hydrogen-bond donors (Lipinski definition) is 3. The van der Waals surface area contributed by atoms with Gasteiger partial charge in [-0.25, -0.2) is 14.6 Å². The second-order valence-electron chi connectivity index (χ2n) is 11.1. The van der Waals surface area contributed by atoms with Gasteiger partial charge >= 0.3 is 18.1 Å². The van der Waals surface area contributed by atoms with Crippen LogP contribution in [0.5, 0.6) is 11.5 Å². The van der Waals surface area contributed by atoms with E-state index in [1.807, 2.05) is 0 Å². The van der Waals surface area contributed by atoms with Crippen LogP contribution in [0.15, 0.2) is 12.3 Å². The van der Waals surface area contributed by atoms with E-state index in [0.29, 0.717) is 24.2 Å². The van der Waals surface area contributed by atoms with Gasteiger partial charge in [0.05, 0.1) is 38.4 Å². The third-order valence-corrected chi connectivity index (χ3v) is 7.77. The first-order valence-corrected chi connectivity index (χ1v) is 14.0. The summed E-state index contributed by atoms with van der Waals surface area (Å²) in [5.41, 5.74) is 0.130. The number of alkyl carbamates (subject to hydrolysis) is 1. The Morgan fingerprint density at radius 2 is 1.74 bits per heavy atom. The van der Waals surface area contributed by atoms with Crippen molar-refractivity contribution in [2.45, 2.75) is 64.3 Å². The molecular formula is C27H34Cl2N6O7. The summed E-state index contributed by atoms with van der Waals surface area (Å²) in [6, 6.07) is 0.152. The first-order valence-electron chi connectivity index (χ1n) is 13.2. The van der Waals surface area contributed by atoms with Gasteiger partial charge in [0, 0.05) is 30.9 Å². The number of carbonyl (C=O) groups is 3. The van der Waals surface area contributed by atoms with Crippen LogP contribution in [0.1, 0.15) is 45.6 Å². The maximum Gasteiger partial charge on any atom is 0.407 e. The highest BCUT2D eigenvalue weighted by Crippen LogP contribution is 2.47. The van der Waals surface area contributed by atoms with E-state index in [1.54, 1.807) is 34.0 Å². The molecule has 1 aromatic heterocycles. The standard InChI is InChI=1S/C27H34Cl2N6O7/c1-27(2,3)42-25(38)32-16-9-13(23(36)37)7-8-15(16)31-24-30-11-14-12-35(26(39)34(4)22(14)33-24)21-19(28)17(40-5)10-18(41-6)20(21)29/h10-11,13,15-16H,7-9,12H2,1-6H3,(H,32,38)(H,36,37)(H,30,31,33). The largest absolute Gasteiger partial charge is 0.495 e. The predicted molar refractivity (Wildman–Crippen MR) is 157 cm³/mol. The summed E-state index contributed by atoms with van der Waals surface area (Å²) in [5.74, 6) is -0.374. The molecule has 4 rings (SSSR count). The fraction of sp³-hybridized carbons (Fsp3) is 0.519. The molecule has 2 aromatic rings. The maximum atomic E-state index is 13.5.